The van der Waals surface area contributed by atoms with E-state index in [4.69, 9.17) is 9.84 Å². The lowest BCUT2D eigenvalue weighted by molar-refractivity contribution is 0.141. The number of likely N-dealkylation sites (N-methyl/N-ethyl adjacent to an activating group) is 2. The van der Waals surface area contributed by atoms with Gasteiger partial charge in [0, 0.05) is 25.2 Å². The van der Waals surface area contributed by atoms with E-state index in [2.05, 4.69) is 17.3 Å². The SMILES string of the molecule is CNC(CO)CN(C)C1CCOC1. The molecule has 0 aromatic carbocycles. The Labute approximate surface area is 79.9 Å². The van der Waals surface area contributed by atoms with Crippen LogP contribution in [0.15, 0.2) is 0 Å². The molecule has 0 radical (unpaired) electrons. The summed E-state index contributed by atoms with van der Waals surface area (Å²) in [7, 11) is 3.96. The van der Waals surface area contributed by atoms with Crippen LogP contribution in [0.5, 0.6) is 0 Å². The Kier molecular flexibility index (Phi) is 4.66. The molecule has 1 fully saturated rings. The minimum Gasteiger partial charge on any atom is -0.395 e. The van der Waals surface area contributed by atoms with Gasteiger partial charge in [0.2, 0.25) is 0 Å². The van der Waals surface area contributed by atoms with Crippen molar-refractivity contribution in [2.45, 2.75) is 18.5 Å². The summed E-state index contributed by atoms with van der Waals surface area (Å²) in [5, 5.41) is 12.1. The fraction of sp³-hybridized carbons (Fsp3) is 1.00. The second-order valence-corrected chi connectivity index (χ2v) is 3.63. The molecule has 0 spiro atoms. The molecule has 2 unspecified atom stereocenters. The van der Waals surface area contributed by atoms with Crippen molar-refractivity contribution in [2.24, 2.45) is 0 Å². The van der Waals surface area contributed by atoms with Gasteiger partial charge >= 0.3 is 0 Å². The van der Waals surface area contributed by atoms with Crippen LogP contribution in [0.3, 0.4) is 0 Å². The van der Waals surface area contributed by atoms with E-state index in [-0.39, 0.29) is 12.6 Å². The van der Waals surface area contributed by atoms with Crippen LogP contribution in [0, 0.1) is 0 Å². The van der Waals surface area contributed by atoms with Crippen LogP contribution in [0.1, 0.15) is 6.42 Å². The van der Waals surface area contributed by atoms with Gasteiger partial charge in [-0.3, -0.25) is 4.90 Å². The third-order valence-corrected chi connectivity index (χ3v) is 2.67. The molecule has 4 heteroatoms. The van der Waals surface area contributed by atoms with E-state index in [0.29, 0.717) is 6.04 Å². The number of nitrogens with zero attached hydrogens (tertiary/aromatic N) is 1. The van der Waals surface area contributed by atoms with Crippen molar-refractivity contribution in [2.75, 3.05) is 40.5 Å². The third-order valence-electron chi connectivity index (χ3n) is 2.67. The van der Waals surface area contributed by atoms with Gasteiger partial charge in [0.15, 0.2) is 0 Å². The highest BCUT2D eigenvalue weighted by atomic mass is 16.5. The summed E-state index contributed by atoms with van der Waals surface area (Å²) >= 11 is 0. The number of aliphatic hydroxyl groups excluding tert-OH is 1. The number of hydrogen-bond donors (Lipinski definition) is 2. The van der Waals surface area contributed by atoms with Gasteiger partial charge in [-0.1, -0.05) is 0 Å². The summed E-state index contributed by atoms with van der Waals surface area (Å²) in [6.45, 7) is 2.77. The van der Waals surface area contributed by atoms with E-state index in [1.54, 1.807) is 0 Å². The van der Waals surface area contributed by atoms with E-state index < -0.39 is 0 Å². The lowest BCUT2D eigenvalue weighted by Gasteiger charge is -2.26. The average molecular weight is 188 g/mol. The molecule has 4 nitrogen and oxygen atoms in total. The molecule has 2 N–H and O–H groups in total. The number of rotatable bonds is 5. The predicted molar refractivity (Wildman–Crippen MR) is 51.8 cm³/mol. The molecule has 1 rings (SSSR count). The molecule has 0 amide bonds. The van der Waals surface area contributed by atoms with E-state index in [9.17, 15) is 0 Å². The van der Waals surface area contributed by atoms with Crippen molar-refractivity contribution in [3.8, 4) is 0 Å². The summed E-state index contributed by atoms with van der Waals surface area (Å²) in [4.78, 5) is 2.25. The summed E-state index contributed by atoms with van der Waals surface area (Å²) in [5.74, 6) is 0. The molecule has 0 bridgehead atoms. The van der Waals surface area contributed by atoms with Gasteiger partial charge in [0.05, 0.1) is 13.2 Å². The Morgan fingerprint density at radius 1 is 1.69 bits per heavy atom. The normalized spacial score (nSPS) is 25.4. The maximum absolute atomic E-state index is 9.00. The van der Waals surface area contributed by atoms with Gasteiger partial charge < -0.3 is 15.2 Å². The van der Waals surface area contributed by atoms with Crippen molar-refractivity contribution >= 4 is 0 Å². The van der Waals surface area contributed by atoms with Crippen LogP contribution in [0.4, 0.5) is 0 Å². The Morgan fingerprint density at radius 2 is 2.46 bits per heavy atom. The smallest absolute Gasteiger partial charge is 0.0622 e. The number of ether oxygens (including phenoxy) is 1. The first-order valence-electron chi connectivity index (χ1n) is 4.84. The number of hydrogen-bond acceptors (Lipinski definition) is 4. The summed E-state index contributed by atoms with van der Waals surface area (Å²) in [5.41, 5.74) is 0. The zero-order valence-electron chi connectivity index (χ0n) is 8.49. The lowest BCUT2D eigenvalue weighted by atomic mass is 10.2. The Morgan fingerprint density at radius 3 is 2.92 bits per heavy atom. The molecule has 1 aliphatic heterocycles. The van der Waals surface area contributed by atoms with E-state index >= 15 is 0 Å². The van der Waals surface area contributed by atoms with Gasteiger partial charge in [0.25, 0.3) is 0 Å². The van der Waals surface area contributed by atoms with Gasteiger partial charge in [0.1, 0.15) is 0 Å². The second kappa shape index (κ2) is 5.54. The highest BCUT2D eigenvalue weighted by molar-refractivity contribution is 4.76. The minimum absolute atomic E-state index is 0.172. The van der Waals surface area contributed by atoms with E-state index in [1.165, 1.54) is 0 Å². The zero-order valence-corrected chi connectivity index (χ0v) is 8.49. The maximum atomic E-state index is 9.00. The Hall–Kier alpha value is -0.160. The van der Waals surface area contributed by atoms with Gasteiger partial charge in [-0.25, -0.2) is 0 Å². The molecule has 1 heterocycles. The number of aliphatic hydroxyl groups is 1. The van der Waals surface area contributed by atoms with Gasteiger partial charge in [-0.05, 0) is 20.5 Å². The van der Waals surface area contributed by atoms with Crippen LogP contribution in [-0.4, -0.2) is 62.6 Å². The number of nitrogens with one attached hydrogen (secondary N) is 1. The molecule has 13 heavy (non-hydrogen) atoms. The molecule has 0 aliphatic carbocycles. The molecule has 1 aliphatic rings. The van der Waals surface area contributed by atoms with Crippen LogP contribution in [-0.2, 0) is 4.74 Å². The summed E-state index contributed by atoms with van der Waals surface area (Å²) < 4.78 is 5.30. The van der Waals surface area contributed by atoms with Crippen LogP contribution in [0.25, 0.3) is 0 Å². The molecule has 0 aromatic heterocycles. The molecular formula is C9H20N2O2. The summed E-state index contributed by atoms with van der Waals surface area (Å²) in [6, 6.07) is 0.702. The predicted octanol–water partition coefficient (Wildman–Crippen LogP) is -0.713. The molecular weight excluding hydrogens is 168 g/mol. The van der Waals surface area contributed by atoms with Crippen molar-refractivity contribution in [3.05, 3.63) is 0 Å². The Bertz CT molecular complexity index is 134. The molecule has 0 aromatic rings. The minimum atomic E-state index is 0.172. The molecule has 1 saturated heterocycles. The zero-order chi connectivity index (χ0) is 9.68. The topological polar surface area (TPSA) is 44.7 Å². The van der Waals surface area contributed by atoms with Crippen molar-refractivity contribution < 1.29 is 9.84 Å². The lowest BCUT2D eigenvalue weighted by Crippen LogP contribution is -2.44. The van der Waals surface area contributed by atoms with Crippen molar-refractivity contribution in [1.29, 1.82) is 0 Å². The van der Waals surface area contributed by atoms with Crippen molar-refractivity contribution in [3.63, 3.8) is 0 Å². The van der Waals surface area contributed by atoms with Crippen molar-refractivity contribution in [1.82, 2.24) is 10.2 Å². The highest BCUT2D eigenvalue weighted by Gasteiger charge is 2.21. The molecule has 0 saturated carbocycles. The fourth-order valence-corrected chi connectivity index (χ4v) is 1.61. The quantitative estimate of drug-likeness (QED) is 0.598. The fourth-order valence-electron chi connectivity index (χ4n) is 1.61. The first-order chi connectivity index (χ1) is 6.27. The van der Waals surface area contributed by atoms with Crippen LogP contribution < -0.4 is 5.32 Å². The van der Waals surface area contributed by atoms with Gasteiger partial charge in [-0.15, -0.1) is 0 Å². The Balaban J connectivity index is 2.25. The summed E-state index contributed by atoms with van der Waals surface area (Å²) in [6.07, 6.45) is 1.11. The molecule has 78 valence electrons. The first kappa shape index (κ1) is 10.9. The monoisotopic (exact) mass is 188 g/mol. The van der Waals surface area contributed by atoms with Gasteiger partial charge in [-0.2, -0.15) is 0 Å². The maximum Gasteiger partial charge on any atom is 0.0622 e. The first-order valence-corrected chi connectivity index (χ1v) is 4.84. The standard InChI is InChI=1S/C9H20N2O2/c1-10-8(6-12)5-11(2)9-3-4-13-7-9/h8-10,12H,3-7H2,1-2H3. The van der Waals surface area contributed by atoms with E-state index in [1.807, 2.05) is 7.05 Å². The largest absolute Gasteiger partial charge is 0.395 e. The van der Waals surface area contributed by atoms with Crippen LogP contribution in [0.2, 0.25) is 0 Å². The molecule has 2 atom stereocenters. The highest BCUT2D eigenvalue weighted by Crippen LogP contribution is 2.10. The van der Waals surface area contributed by atoms with E-state index in [0.717, 1.165) is 26.2 Å². The second-order valence-electron chi connectivity index (χ2n) is 3.63. The van der Waals surface area contributed by atoms with Crippen LogP contribution >= 0.6 is 0 Å². The average Bonchev–Trinajstić information content (AvgIpc) is 2.66. The third kappa shape index (κ3) is 3.23.